The Balaban J connectivity index is 2.39. The van der Waals surface area contributed by atoms with Crippen molar-refractivity contribution in [2.45, 2.75) is 6.92 Å². The Bertz CT molecular complexity index is 861. The number of halogens is 2. The Labute approximate surface area is 125 Å². The largest absolute Gasteiger partial charge is 0.233 e. The maximum absolute atomic E-state index is 9.09. The molecule has 3 rings (SSSR count). The highest BCUT2D eigenvalue weighted by molar-refractivity contribution is 6.35. The predicted octanol–water partition coefficient (Wildman–Crippen LogP) is 3.88. The van der Waals surface area contributed by atoms with Crippen LogP contribution in [0.1, 0.15) is 11.3 Å². The zero-order valence-corrected chi connectivity index (χ0v) is 11.9. The molecule has 2 heterocycles. The van der Waals surface area contributed by atoms with Gasteiger partial charge in [-0.15, -0.1) is 0 Å². The van der Waals surface area contributed by atoms with E-state index < -0.39 is 0 Å². The van der Waals surface area contributed by atoms with Crippen LogP contribution >= 0.6 is 23.2 Å². The Hall–Kier alpha value is -2.09. The average molecular weight is 303 g/mol. The number of benzene rings is 1. The van der Waals surface area contributed by atoms with Gasteiger partial charge in [0.05, 0.1) is 16.9 Å². The summed E-state index contributed by atoms with van der Waals surface area (Å²) in [5.41, 5.74) is 3.22. The molecule has 0 atom stereocenters. The number of aryl methyl sites for hydroxylation is 1. The Morgan fingerprint density at radius 1 is 1.25 bits per heavy atom. The number of hydrogen-bond donors (Lipinski definition) is 0. The van der Waals surface area contributed by atoms with Crippen LogP contribution < -0.4 is 0 Å². The number of rotatable bonds is 1. The van der Waals surface area contributed by atoms with E-state index in [4.69, 9.17) is 28.5 Å². The van der Waals surface area contributed by atoms with Crippen LogP contribution in [0.15, 0.2) is 30.5 Å². The topological polar surface area (TPSA) is 54.0 Å². The molecule has 0 unspecified atom stereocenters. The lowest BCUT2D eigenvalue weighted by Gasteiger charge is -2.08. The second kappa shape index (κ2) is 4.78. The molecule has 3 aromatic rings. The maximum atomic E-state index is 9.09. The van der Waals surface area contributed by atoms with Gasteiger partial charge in [-0.25, -0.2) is 9.50 Å². The van der Waals surface area contributed by atoms with Crippen LogP contribution in [-0.2, 0) is 0 Å². The number of fused-ring (bicyclic) bond motifs is 1. The van der Waals surface area contributed by atoms with Crippen molar-refractivity contribution in [2.24, 2.45) is 0 Å². The smallest absolute Gasteiger partial charge is 0.173 e. The summed E-state index contributed by atoms with van der Waals surface area (Å²) in [5, 5.41) is 14.4. The minimum absolute atomic E-state index is 0.424. The molecule has 0 amide bonds. The molecule has 0 fully saturated rings. The van der Waals surface area contributed by atoms with Gasteiger partial charge in [0.2, 0.25) is 0 Å². The molecule has 0 aliphatic carbocycles. The van der Waals surface area contributed by atoms with Crippen LogP contribution in [0.4, 0.5) is 0 Å². The molecule has 0 bridgehead atoms. The molecule has 6 heteroatoms. The lowest BCUT2D eigenvalue weighted by Crippen LogP contribution is -1.99. The van der Waals surface area contributed by atoms with E-state index in [0.717, 1.165) is 17.0 Å². The summed E-state index contributed by atoms with van der Waals surface area (Å²) in [4.78, 5) is 4.35. The van der Waals surface area contributed by atoms with Gasteiger partial charge in [-0.1, -0.05) is 23.2 Å². The lowest BCUT2D eigenvalue weighted by molar-refractivity contribution is 0.938. The van der Waals surface area contributed by atoms with Crippen LogP contribution in [0, 0.1) is 18.3 Å². The molecule has 0 aliphatic rings. The van der Waals surface area contributed by atoms with E-state index >= 15 is 0 Å². The van der Waals surface area contributed by atoms with E-state index in [1.54, 1.807) is 22.7 Å². The first kappa shape index (κ1) is 12.9. The highest BCUT2D eigenvalue weighted by Gasteiger charge is 2.14. The fraction of sp³-hybridized carbons (Fsp3) is 0.0714. The van der Waals surface area contributed by atoms with Gasteiger partial charge in [0.1, 0.15) is 11.6 Å². The van der Waals surface area contributed by atoms with Crippen molar-refractivity contribution in [2.75, 3.05) is 0 Å². The lowest BCUT2D eigenvalue weighted by atomic mass is 10.1. The van der Waals surface area contributed by atoms with Crippen LogP contribution in [0.3, 0.4) is 0 Å². The molecule has 98 valence electrons. The van der Waals surface area contributed by atoms with Gasteiger partial charge in [0.15, 0.2) is 5.65 Å². The molecule has 0 saturated carbocycles. The highest BCUT2D eigenvalue weighted by atomic mass is 35.5. The van der Waals surface area contributed by atoms with Crippen LogP contribution in [-0.4, -0.2) is 14.6 Å². The van der Waals surface area contributed by atoms with E-state index in [1.165, 1.54) is 6.20 Å². The average Bonchev–Trinajstić information content (AvgIpc) is 2.83. The summed E-state index contributed by atoms with van der Waals surface area (Å²) < 4.78 is 1.60. The zero-order chi connectivity index (χ0) is 14.3. The fourth-order valence-electron chi connectivity index (χ4n) is 2.05. The van der Waals surface area contributed by atoms with Gasteiger partial charge < -0.3 is 0 Å². The van der Waals surface area contributed by atoms with Gasteiger partial charge >= 0.3 is 0 Å². The molecule has 20 heavy (non-hydrogen) atoms. The second-order valence-corrected chi connectivity index (χ2v) is 5.16. The van der Waals surface area contributed by atoms with E-state index in [1.807, 2.05) is 13.0 Å². The summed E-state index contributed by atoms with van der Waals surface area (Å²) in [7, 11) is 0. The van der Waals surface area contributed by atoms with Crippen molar-refractivity contribution in [3.8, 4) is 17.3 Å². The van der Waals surface area contributed by atoms with Gasteiger partial charge in [-0.2, -0.15) is 10.4 Å². The summed E-state index contributed by atoms with van der Waals surface area (Å²) in [6.07, 6.45) is 1.49. The first-order valence-electron chi connectivity index (χ1n) is 5.81. The van der Waals surface area contributed by atoms with Crippen LogP contribution in [0.5, 0.6) is 0 Å². The van der Waals surface area contributed by atoms with E-state index in [0.29, 0.717) is 21.3 Å². The number of nitriles is 1. The van der Waals surface area contributed by atoms with E-state index in [9.17, 15) is 0 Å². The molecule has 2 aromatic heterocycles. The van der Waals surface area contributed by atoms with Gasteiger partial charge in [-0.3, -0.25) is 0 Å². The van der Waals surface area contributed by atoms with Gasteiger partial charge in [0.25, 0.3) is 0 Å². The van der Waals surface area contributed by atoms with Crippen molar-refractivity contribution in [3.63, 3.8) is 0 Å². The molecule has 0 radical (unpaired) electrons. The molecule has 1 aromatic carbocycles. The summed E-state index contributed by atoms with van der Waals surface area (Å²) in [6.45, 7) is 1.86. The Morgan fingerprint density at radius 3 is 2.80 bits per heavy atom. The molecule has 0 saturated heterocycles. The third kappa shape index (κ3) is 2.01. The van der Waals surface area contributed by atoms with Crippen molar-refractivity contribution >= 4 is 28.8 Å². The van der Waals surface area contributed by atoms with Gasteiger partial charge in [-0.05, 0) is 31.2 Å². The minimum atomic E-state index is 0.424. The maximum Gasteiger partial charge on any atom is 0.173 e. The summed E-state index contributed by atoms with van der Waals surface area (Å²) in [6, 6.07) is 9.16. The molecule has 0 N–H and O–H groups in total. The Morgan fingerprint density at radius 2 is 2.05 bits per heavy atom. The third-order valence-corrected chi connectivity index (χ3v) is 3.49. The number of aromatic nitrogens is 3. The third-order valence-electron chi connectivity index (χ3n) is 2.92. The van der Waals surface area contributed by atoms with Crippen molar-refractivity contribution in [3.05, 3.63) is 51.8 Å². The standard InChI is InChI=1S/C14H8Cl2N4/c1-8-4-13(11-5-10(15)2-3-12(11)16)20-14(19-8)9(6-17)7-18-20/h2-5,7H,1H3. The van der Waals surface area contributed by atoms with Crippen LogP contribution in [0.2, 0.25) is 10.0 Å². The minimum Gasteiger partial charge on any atom is -0.233 e. The van der Waals surface area contributed by atoms with Crippen molar-refractivity contribution in [1.82, 2.24) is 14.6 Å². The zero-order valence-electron chi connectivity index (χ0n) is 10.4. The van der Waals surface area contributed by atoms with Crippen molar-refractivity contribution < 1.29 is 0 Å². The number of hydrogen-bond acceptors (Lipinski definition) is 3. The summed E-state index contributed by atoms with van der Waals surface area (Å²) in [5.74, 6) is 0. The summed E-state index contributed by atoms with van der Waals surface area (Å²) >= 11 is 12.3. The SMILES string of the molecule is Cc1cc(-c2cc(Cl)ccc2Cl)n2ncc(C#N)c2n1. The Kier molecular flexibility index (Phi) is 3.09. The monoisotopic (exact) mass is 302 g/mol. The predicted molar refractivity (Wildman–Crippen MR) is 77.9 cm³/mol. The normalized spacial score (nSPS) is 10.7. The highest BCUT2D eigenvalue weighted by Crippen LogP contribution is 2.31. The van der Waals surface area contributed by atoms with E-state index in [-0.39, 0.29) is 0 Å². The molecule has 4 nitrogen and oxygen atoms in total. The molecular weight excluding hydrogens is 295 g/mol. The quantitative estimate of drug-likeness (QED) is 0.685. The molecule has 0 aliphatic heterocycles. The van der Waals surface area contributed by atoms with Gasteiger partial charge in [0, 0.05) is 16.3 Å². The van der Waals surface area contributed by atoms with E-state index in [2.05, 4.69) is 16.2 Å². The van der Waals surface area contributed by atoms with Crippen molar-refractivity contribution in [1.29, 1.82) is 5.26 Å². The fourth-order valence-corrected chi connectivity index (χ4v) is 2.44. The number of nitrogens with zero attached hydrogens (tertiary/aromatic N) is 4. The molecular formula is C14H8Cl2N4. The first-order chi connectivity index (χ1) is 9.60. The molecule has 0 spiro atoms. The van der Waals surface area contributed by atoms with Crippen LogP contribution in [0.25, 0.3) is 16.9 Å². The first-order valence-corrected chi connectivity index (χ1v) is 6.56. The second-order valence-electron chi connectivity index (χ2n) is 4.31.